The Morgan fingerprint density at radius 3 is 3.00 bits per heavy atom. The molecule has 0 spiro atoms. The minimum Gasteiger partial charge on any atom is -0.378 e. The molecule has 0 unspecified atom stereocenters. The molecule has 3 nitrogen and oxygen atoms in total. The number of aromatic nitrogens is 1. The van der Waals surface area contributed by atoms with Crippen LogP contribution < -0.4 is 5.32 Å². The number of hydrogen-bond donors (Lipinski definition) is 1. The number of hydrogen-bond acceptors (Lipinski definition) is 4. The maximum atomic E-state index is 9.03. The summed E-state index contributed by atoms with van der Waals surface area (Å²) in [6.07, 6.45) is 0.963. The molecule has 0 saturated carbocycles. The summed E-state index contributed by atoms with van der Waals surface area (Å²) in [7, 11) is 0. The predicted molar refractivity (Wildman–Crippen MR) is 77.7 cm³/mol. The molecule has 1 aromatic heterocycles. The van der Waals surface area contributed by atoms with E-state index in [1.54, 1.807) is 17.4 Å². The zero-order valence-electron chi connectivity index (χ0n) is 9.90. The highest BCUT2D eigenvalue weighted by Gasteiger charge is 2.04. The molecule has 18 heavy (non-hydrogen) atoms. The van der Waals surface area contributed by atoms with Gasteiger partial charge in [-0.25, -0.2) is 4.98 Å². The number of halogens is 1. The fourth-order valence-corrected chi connectivity index (χ4v) is 2.64. The summed E-state index contributed by atoms with van der Waals surface area (Å²) in [5.41, 5.74) is 2.49. The van der Waals surface area contributed by atoms with E-state index in [0.717, 1.165) is 27.3 Å². The van der Waals surface area contributed by atoms with Crippen LogP contribution in [-0.2, 0) is 13.0 Å². The molecule has 2 aromatic rings. The van der Waals surface area contributed by atoms with E-state index in [1.807, 2.05) is 12.1 Å². The number of anilines is 1. The normalized spacial score (nSPS) is 10.1. The van der Waals surface area contributed by atoms with Gasteiger partial charge in [0.2, 0.25) is 0 Å². The summed E-state index contributed by atoms with van der Waals surface area (Å²) < 4.78 is 0.955. The minimum atomic E-state index is 0.641. The molecule has 1 aromatic carbocycles. The lowest BCUT2D eigenvalue weighted by atomic mass is 10.2. The van der Waals surface area contributed by atoms with Crippen molar-refractivity contribution in [3.05, 3.63) is 44.3 Å². The summed E-state index contributed by atoms with van der Waals surface area (Å²) in [6, 6.07) is 7.74. The van der Waals surface area contributed by atoms with E-state index in [-0.39, 0.29) is 0 Å². The second-order valence-corrected chi connectivity index (χ2v) is 5.60. The van der Waals surface area contributed by atoms with E-state index in [1.165, 1.54) is 0 Å². The summed E-state index contributed by atoms with van der Waals surface area (Å²) >= 11 is 5.08. The molecule has 0 saturated heterocycles. The SMILES string of the molecule is CCc1nc(CNc2cc(Br)ccc2C#N)cs1. The number of nitrogens with one attached hydrogen (secondary N) is 1. The van der Waals surface area contributed by atoms with Crippen LogP contribution in [0.2, 0.25) is 0 Å². The number of thiazole rings is 1. The van der Waals surface area contributed by atoms with Gasteiger partial charge in [-0.05, 0) is 24.6 Å². The van der Waals surface area contributed by atoms with Gasteiger partial charge in [0.05, 0.1) is 28.5 Å². The first-order valence-electron chi connectivity index (χ1n) is 5.59. The van der Waals surface area contributed by atoms with E-state index in [4.69, 9.17) is 5.26 Å². The molecule has 0 aliphatic rings. The van der Waals surface area contributed by atoms with E-state index in [0.29, 0.717) is 12.1 Å². The van der Waals surface area contributed by atoms with Gasteiger partial charge in [-0.2, -0.15) is 5.26 Å². The summed E-state index contributed by atoms with van der Waals surface area (Å²) in [5.74, 6) is 0. The third kappa shape index (κ3) is 3.09. The Labute approximate surface area is 119 Å². The Morgan fingerprint density at radius 1 is 1.50 bits per heavy atom. The average Bonchev–Trinajstić information content (AvgIpc) is 2.84. The van der Waals surface area contributed by atoms with Gasteiger partial charge < -0.3 is 5.32 Å². The van der Waals surface area contributed by atoms with Crippen LogP contribution in [0.25, 0.3) is 0 Å². The summed E-state index contributed by atoms with van der Waals surface area (Å²) in [4.78, 5) is 4.48. The van der Waals surface area contributed by atoms with Gasteiger partial charge in [0, 0.05) is 9.85 Å². The van der Waals surface area contributed by atoms with Gasteiger partial charge in [-0.1, -0.05) is 22.9 Å². The lowest BCUT2D eigenvalue weighted by Gasteiger charge is -2.07. The average molecular weight is 322 g/mol. The molecule has 0 atom stereocenters. The van der Waals surface area contributed by atoms with Gasteiger partial charge in [0.15, 0.2) is 0 Å². The molecule has 2 rings (SSSR count). The predicted octanol–water partition coefficient (Wildman–Crippen LogP) is 3.95. The van der Waals surface area contributed by atoms with E-state index >= 15 is 0 Å². The molecule has 0 aliphatic heterocycles. The number of benzene rings is 1. The van der Waals surface area contributed by atoms with Crippen LogP contribution in [0.1, 0.15) is 23.2 Å². The fourth-order valence-electron chi connectivity index (χ4n) is 1.54. The number of nitriles is 1. The molecule has 0 amide bonds. The Balaban J connectivity index is 2.10. The highest BCUT2D eigenvalue weighted by Crippen LogP contribution is 2.21. The first-order chi connectivity index (χ1) is 8.72. The van der Waals surface area contributed by atoms with Gasteiger partial charge in [-0.3, -0.25) is 0 Å². The zero-order chi connectivity index (χ0) is 13.0. The number of rotatable bonds is 4. The van der Waals surface area contributed by atoms with Crippen molar-refractivity contribution < 1.29 is 0 Å². The Bertz CT molecular complexity index is 586. The maximum Gasteiger partial charge on any atom is 0.101 e. The van der Waals surface area contributed by atoms with Crippen LogP contribution >= 0.6 is 27.3 Å². The van der Waals surface area contributed by atoms with Crippen molar-refractivity contribution in [2.45, 2.75) is 19.9 Å². The van der Waals surface area contributed by atoms with Crippen LogP contribution in [0.3, 0.4) is 0 Å². The van der Waals surface area contributed by atoms with Crippen molar-refractivity contribution in [1.82, 2.24) is 4.98 Å². The minimum absolute atomic E-state index is 0.641. The maximum absolute atomic E-state index is 9.03. The fraction of sp³-hybridized carbons (Fsp3) is 0.231. The molecule has 1 N–H and O–H groups in total. The topological polar surface area (TPSA) is 48.7 Å². The molecular formula is C13H12BrN3S. The monoisotopic (exact) mass is 321 g/mol. The highest BCUT2D eigenvalue weighted by atomic mass is 79.9. The van der Waals surface area contributed by atoms with Gasteiger partial charge >= 0.3 is 0 Å². The highest BCUT2D eigenvalue weighted by molar-refractivity contribution is 9.10. The molecule has 0 aliphatic carbocycles. The lowest BCUT2D eigenvalue weighted by Crippen LogP contribution is -2.01. The van der Waals surface area contributed by atoms with Gasteiger partial charge in [0.25, 0.3) is 0 Å². The van der Waals surface area contributed by atoms with Crippen LogP contribution in [0.5, 0.6) is 0 Å². The largest absolute Gasteiger partial charge is 0.378 e. The molecule has 0 bridgehead atoms. The Hall–Kier alpha value is -1.38. The third-order valence-corrected chi connectivity index (χ3v) is 4.00. The standard InChI is InChI=1S/C13H12BrN3S/c1-2-13-17-11(8-18-13)7-16-12-5-10(14)4-3-9(12)6-15/h3-5,8,16H,2,7H2,1H3. The van der Waals surface area contributed by atoms with Crippen molar-refractivity contribution in [2.24, 2.45) is 0 Å². The quantitative estimate of drug-likeness (QED) is 0.927. The van der Waals surface area contributed by atoms with Crippen LogP contribution in [0.15, 0.2) is 28.1 Å². The molecule has 5 heteroatoms. The number of nitrogens with zero attached hydrogens (tertiary/aromatic N) is 2. The molecular weight excluding hydrogens is 310 g/mol. The first kappa shape index (κ1) is 13.1. The Kier molecular flexibility index (Phi) is 4.34. The van der Waals surface area contributed by atoms with Crippen LogP contribution in [0.4, 0.5) is 5.69 Å². The van der Waals surface area contributed by atoms with Crippen molar-refractivity contribution in [3.63, 3.8) is 0 Å². The van der Waals surface area contributed by atoms with Crippen LogP contribution in [-0.4, -0.2) is 4.98 Å². The van der Waals surface area contributed by atoms with E-state index < -0.39 is 0 Å². The Morgan fingerprint density at radius 2 is 2.33 bits per heavy atom. The molecule has 0 fully saturated rings. The summed E-state index contributed by atoms with van der Waals surface area (Å²) in [6.45, 7) is 2.74. The molecule has 1 heterocycles. The molecule has 0 radical (unpaired) electrons. The van der Waals surface area contributed by atoms with Crippen molar-refractivity contribution in [1.29, 1.82) is 5.26 Å². The second kappa shape index (κ2) is 5.98. The van der Waals surface area contributed by atoms with Crippen molar-refractivity contribution in [2.75, 3.05) is 5.32 Å². The number of aryl methyl sites for hydroxylation is 1. The second-order valence-electron chi connectivity index (χ2n) is 3.74. The zero-order valence-corrected chi connectivity index (χ0v) is 12.3. The van der Waals surface area contributed by atoms with Crippen LogP contribution in [0, 0.1) is 11.3 Å². The van der Waals surface area contributed by atoms with Crippen molar-refractivity contribution >= 4 is 33.0 Å². The first-order valence-corrected chi connectivity index (χ1v) is 7.27. The summed E-state index contributed by atoms with van der Waals surface area (Å²) in [5, 5.41) is 15.5. The van der Waals surface area contributed by atoms with Gasteiger partial charge in [-0.15, -0.1) is 11.3 Å². The van der Waals surface area contributed by atoms with E-state index in [9.17, 15) is 0 Å². The third-order valence-electron chi connectivity index (χ3n) is 2.46. The lowest BCUT2D eigenvalue weighted by molar-refractivity contribution is 1.01. The van der Waals surface area contributed by atoms with Crippen molar-refractivity contribution in [3.8, 4) is 6.07 Å². The smallest absolute Gasteiger partial charge is 0.101 e. The molecule has 92 valence electrons. The van der Waals surface area contributed by atoms with Gasteiger partial charge in [0.1, 0.15) is 6.07 Å². The van der Waals surface area contributed by atoms with E-state index in [2.05, 4.69) is 44.6 Å².